The van der Waals surface area contributed by atoms with Gasteiger partial charge in [0.1, 0.15) is 0 Å². The molecule has 0 aliphatic carbocycles. The first kappa shape index (κ1) is 11.5. The van der Waals surface area contributed by atoms with E-state index in [-0.39, 0.29) is 11.0 Å². The predicted octanol–water partition coefficient (Wildman–Crippen LogP) is 2.58. The van der Waals surface area contributed by atoms with Crippen LogP contribution in [0, 0.1) is 5.41 Å². The molecule has 0 aromatic heterocycles. The Hall–Kier alpha value is -0.530. The van der Waals surface area contributed by atoms with E-state index < -0.39 is 0 Å². The van der Waals surface area contributed by atoms with Gasteiger partial charge in [-0.2, -0.15) is 0 Å². The second-order valence-electron chi connectivity index (χ2n) is 5.51. The molecular formula is C10H22N2. The Morgan fingerprint density at radius 2 is 1.50 bits per heavy atom. The third-order valence-corrected chi connectivity index (χ3v) is 1.19. The highest BCUT2D eigenvalue weighted by Crippen LogP contribution is 2.19. The first-order valence-corrected chi connectivity index (χ1v) is 4.44. The average Bonchev–Trinajstić information content (AvgIpc) is 1.49. The second-order valence-corrected chi connectivity index (χ2v) is 5.51. The molecule has 72 valence electrons. The molecule has 0 aliphatic rings. The van der Waals surface area contributed by atoms with Gasteiger partial charge in [-0.15, -0.1) is 0 Å². The maximum atomic E-state index is 5.80. The van der Waals surface area contributed by atoms with Crippen molar-refractivity contribution in [2.45, 2.75) is 53.5 Å². The van der Waals surface area contributed by atoms with Gasteiger partial charge in [0.25, 0.3) is 0 Å². The number of rotatable bonds is 1. The lowest BCUT2D eigenvalue weighted by molar-refractivity contribution is 0.429. The average molecular weight is 170 g/mol. The molecule has 2 N–H and O–H groups in total. The van der Waals surface area contributed by atoms with E-state index in [2.05, 4.69) is 46.5 Å². The van der Waals surface area contributed by atoms with E-state index in [0.717, 1.165) is 12.3 Å². The van der Waals surface area contributed by atoms with Gasteiger partial charge in [-0.25, -0.2) is 0 Å². The van der Waals surface area contributed by atoms with Gasteiger partial charge in [-0.05, 0) is 26.2 Å². The van der Waals surface area contributed by atoms with Gasteiger partial charge >= 0.3 is 0 Å². The largest absolute Gasteiger partial charge is 0.387 e. The van der Waals surface area contributed by atoms with Crippen molar-refractivity contribution in [3.63, 3.8) is 0 Å². The molecule has 0 atom stereocenters. The summed E-state index contributed by atoms with van der Waals surface area (Å²) in [6.45, 7) is 12.7. The van der Waals surface area contributed by atoms with E-state index >= 15 is 0 Å². The smallest absolute Gasteiger partial charge is 0.0948 e. The molecule has 0 heterocycles. The highest BCUT2D eigenvalue weighted by molar-refractivity contribution is 5.81. The van der Waals surface area contributed by atoms with Gasteiger partial charge in [0, 0.05) is 6.42 Å². The number of hydrogen-bond donors (Lipinski definition) is 1. The van der Waals surface area contributed by atoms with Crippen molar-refractivity contribution >= 4 is 5.84 Å². The van der Waals surface area contributed by atoms with Crippen molar-refractivity contribution in [3.8, 4) is 0 Å². The maximum absolute atomic E-state index is 5.80. The lowest BCUT2D eigenvalue weighted by Gasteiger charge is -2.20. The molecule has 0 aromatic carbocycles. The first-order valence-electron chi connectivity index (χ1n) is 4.44. The van der Waals surface area contributed by atoms with Crippen LogP contribution >= 0.6 is 0 Å². The van der Waals surface area contributed by atoms with Crippen molar-refractivity contribution in [3.05, 3.63) is 0 Å². The highest BCUT2D eigenvalue weighted by Gasteiger charge is 2.14. The lowest BCUT2D eigenvalue weighted by Crippen LogP contribution is -2.25. The molecule has 0 aliphatic heterocycles. The summed E-state index contributed by atoms with van der Waals surface area (Å²) in [5, 5.41) is 0. The number of aliphatic imine (C=N–C) groups is 1. The molecule has 12 heavy (non-hydrogen) atoms. The van der Waals surface area contributed by atoms with Gasteiger partial charge < -0.3 is 5.73 Å². The van der Waals surface area contributed by atoms with E-state index in [0.29, 0.717) is 0 Å². The fourth-order valence-corrected chi connectivity index (χ4v) is 1.01. The van der Waals surface area contributed by atoms with Crippen molar-refractivity contribution < 1.29 is 0 Å². The third-order valence-electron chi connectivity index (χ3n) is 1.19. The Morgan fingerprint density at radius 1 is 1.08 bits per heavy atom. The number of nitrogens with zero attached hydrogens (tertiary/aromatic N) is 1. The number of nitrogens with two attached hydrogens (primary N) is 1. The minimum atomic E-state index is -0.0463. The molecule has 0 amide bonds. The third kappa shape index (κ3) is 7.58. The minimum Gasteiger partial charge on any atom is -0.387 e. The molecule has 0 fully saturated rings. The Bertz CT molecular complexity index is 167. The van der Waals surface area contributed by atoms with E-state index in [1.807, 2.05) is 0 Å². The summed E-state index contributed by atoms with van der Waals surface area (Å²) in [5.74, 6) is 0.759. The summed E-state index contributed by atoms with van der Waals surface area (Å²) in [6, 6.07) is 0. The second kappa shape index (κ2) is 3.46. The Kier molecular flexibility index (Phi) is 3.31. The van der Waals surface area contributed by atoms with Crippen molar-refractivity contribution in [1.29, 1.82) is 0 Å². The van der Waals surface area contributed by atoms with E-state index in [1.54, 1.807) is 0 Å². The molecule has 0 spiro atoms. The Balaban J connectivity index is 4.23. The molecule has 0 rings (SSSR count). The van der Waals surface area contributed by atoms with Crippen LogP contribution in [0.4, 0.5) is 0 Å². The molecule has 0 unspecified atom stereocenters. The number of hydrogen-bond acceptors (Lipinski definition) is 1. The quantitative estimate of drug-likeness (QED) is 0.476. The first-order chi connectivity index (χ1) is 5.10. The van der Waals surface area contributed by atoms with Gasteiger partial charge in [0.2, 0.25) is 0 Å². The van der Waals surface area contributed by atoms with Gasteiger partial charge in [-0.3, -0.25) is 4.99 Å². The molecule has 0 saturated heterocycles. The maximum Gasteiger partial charge on any atom is 0.0948 e. The van der Waals surface area contributed by atoms with Crippen LogP contribution < -0.4 is 5.73 Å². The van der Waals surface area contributed by atoms with Crippen LogP contribution in [0.2, 0.25) is 0 Å². The minimum absolute atomic E-state index is 0.0463. The molecule has 0 saturated carbocycles. The summed E-state index contributed by atoms with van der Waals surface area (Å²) >= 11 is 0. The lowest BCUT2D eigenvalue weighted by atomic mass is 9.91. The van der Waals surface area contributed by atoms with Crippen LogP contribution in [0.3, 0.4) is 0 Å². The van der Waals surface area contributed by atoms with Crippen molar-refractivity contribution in [1.82, 2.24) is 0 Å². The van der Waals surface area contributed by atoms with E-state index in [4.69, 9.17) is 5.73 Å². The number of amidine groups is 1. The standard InChI is InChI=1S/C10H22N2/c1-9(2,3)7-8(11)12-10(4,5)6/h7H2,1-6H3,(H2,11,12). The highest BCUT2D eigenvalue weighted by atomic mass is 14.9. The summed E-state index contributed by atoms with van der Waals surface area (Å²) in [7, 11) is 0. The fourth-order valence-electron chi connectivity index (χ4n) is 1.01. The Morgan fingerprint density at radius 3 is 1.75 bits per heavy atom. The van der Waals surface area contributed by atoms with E-state index in [9.17, 15) is 0 Å². The molecule has 0 aromatic rings. The SMILES string of the molecule is CC(C)(C)CC(N)=NC(C)(C)C. The fraction of sp³-hybridized carbons (Fsp3) is 0.900. The summed E-state index contributed by atoms with van der Waals surface area (Å²) in [4.78, 5) is 4.39. The van der Waals surface area contributed by atoms with Gasteiger partial charge in [0.15, 0.2) is 0 Å². The molecular weight excluding hydrogens is 148 g/mol. The summed E-state index contributed by atoms with van der Waals surface area (Å²) < 4.78 is 0. The van der Waals surface area contributed by atoms with Gasteiger partial charge in [0.05, 0.1) is 11.4 Å². The zero-order valence-electron chi connectivity index (χ0n) is 9.23. The zero-order valence-corrected chi connectivity index (χ0v) is 9.23. The molecule has 2 heteroatoms. The summed E-state index contributed by atoms with van der Waals surface area (Å²) in [6.07, 6.45) is 0.865. The molecule has 0 bridgehead atoms. The topological polar surface area (TPSA) is 38.4 Å². The van der Waals surface area contributed by atoms with E-state index in [1.165, 1.54) is 0 Å². The summed E-state index contributed by atoms with van der Waals surface area (Å²) in [5.41, 5.74) is 5.98. The van der Waals surface area contributed by atoms with Crippen LogP contribution in [0.1, 0.15) is 48.0 Å². The monoisotopic (exact) mass is 170 g/mol. The van der Waals surface area contributed by atoms with Crippen LogP contribution in [0.15, 0.2) is 4.99 Å². The van der Waals surface area contributed by atoms with Crippen LogP contribution in [-0.4, -0.2) is 11.4 Å². The molecule has 0 radical (unpaired) electrons. The Labute approximate surface area is 76.3 Å². The van der Waals surface area contributed by atoms with Crippen molar-refractivity contribution in [2.24, 2.45) is 16.1 Å². The zero-order chi connectivity index (χ0) is 9.99. The van der Waals surface area contributed by atoms with Crippen LogP contribution in [0.25, 0.3) is 0 Å². The molecule has 2 nitrogen and oxygen atoms in total. The van der Waals surface area contributed by atoms with Crippen LogP contribution in [0.5, 0.6) is 0 Å². The van der Waals surface area contributed by atoms with Gasteiger partial charge in [-0.1, -0.05) is 20.8 Å². The van der Waals surface area contributed by atoms with Crippen molar-refractivity contribution in [2.75, 3.05) is 0 Å². The predicted molar refractivity (Wildman–Crippen MR) is 55.4 cm³/mol. The van der Waals surface area contributed by atoms with Crippen LogP contribution in [-0.2, 0) is 0 Å². The normalized spacial score (nSPS) is 15.0.